The first-order valence-corrected chi connectivity index (χ1v) is 6.31. The first kappa shape index (κ1) is 12.1. The van der Waals surface area contributed by atoms with E-state index in [1.54, 1.807) is 0 Å². The van der Waals surface area contributed by atoms with Gasteiger partial charge in [0.1, 0.15) is 7.85 Å². The summed E-state index contributed by atoms with van der Waals surface area (Å²) in [6, 6.07) is 0. The Bertz CT molecular complexity index is 170. The Morgan fingerprint density at radius 1 is 1.00 bits per heavy atom. The molecule has 1 saturated carbocycles. The fourth-order valence-corrected chi connectivity index (χ4v) is 3.40. The van der Waals surface area contributed by atoms with Gasteiger partial charge in [0.25, 0.3) is 0 Å². The summed E-state index contributed by atoms with van der Waals surface area (Å²) in [5, 5.41) is 0.487. The van der Waals surface area contributed by atoms with Crippen molar-refractivity contribution in [1.82, 2.24) is 0 Å². The highest BCUT2D eigenvalue weighted by Crippen LogP contribution is 2.46. The van der Waals surface area contributed by atoms with Gasteiger partial charge in [-0.15, -0.1) is 0 Å². The lowest BCUT2D eigenvalue weighted by molar-refractivity contribution is 0.132. The molecule has 0 aromatic rings. The second-order valence-electron chi connectivity index (χ2n) is 7.06. The molecule has 1 heteroatoms. The molecule has 0 unspecified atom stereocenters. The lowest BCUT2D eigenvalue weighted by Crippen LogP contribution is -2.29. The molecule has 0 aromatic heterocycles. The van der Waals surface area contributed by atoms with Crippen LogP contribution in [0.5, 0.6) is 0 Å². The first-order chi connectivity index (χ1) is 6.31. The summed E-state index contributed by atoms with van der Waals surface area (Å²) < 4.78 is 0. The van der Waals surface area contributed by atoms with Gasteiger partial charge in [0.05, 0.1) is 0 Å². The van der Waals surface area contributed by atoms with Gasteiger partial charge in [-0.1, -0.05) is 52.3 Å². The van der Waals surface area contributed by atoms with E-state index < -0.39 is 0 Å². The highest BCUT2D eigenvalue weighted by molar-refractivity contribution is 6.14. The SMILES string of the molecule is BC(C)(C)CC(C)(C)C1CCCCC1. The third-order valence-electron chi connectivity index (χ3n) is 3.70. The van der Waals surface area contributed by atoms with Gasteiger partial charge in [-0.3, -0.25) is 0 Å². The largest absolute Gasteiger partial charge is 0.108 e. The van der Waals surface area contributed by atoms with Crippen molar-refractivity contribution in [2.75, 3.05) is 0 Å². The third kappa shape index (κ3) is 3.67. The van der Waals surface area contributed by atoms with Crippen LogP contribution in [-0.4, -0.2) is 7.85 Å². The Labute approximate surface area is 91.3 Å². The van der Waals surface area contributed by atoms with E-state index in [0.29, 0.717) is 10.7 Å². The molecular formula is C13H27B. The number of hydrogen-bond donors (Lipinski definition) is 0. The smallest absolute Gasteiger partial charge is 0.0672 e. The van der Waals surface area contributed by atoms with E-state index in [0.717, 1.165) is 5.92 Å². The molecule has 0 amide bonds. The maximum atomic E-state index is 2.48. The third-order valence-corrected chi connectivity index (χ3v) is 3.70. The van der Waals surface area contributed by atoms with Crippen molar-refractivity contribution < 1.29 is 0 Å². The Morgan fingerprint density at radius 3 is 1.93 bits per heavy atom. The van der Waals surface area contributed by atoms with E-state index in [2.05, 4.69) is 35.5 Å². The van der Waals surface area contributed by atoms with Gasteiger partial charge < -0.3 is 0 Å². The van der Waals surface area contributed by atoms with Crippen molar-refractivity contribution in [2.24, 2.45) is 11.3 Å². The van der Waals surface area contributed by atoms with Gasteiger partial charge in [0.2, 0.25) is 0 Å². The average molecular weight is 194 g/mol. The van der Waals surface area contributed by atoms with Crippen molar-refractivity contribution in [3.8, 4) is 0 Å². The van der Waals surface area contributed by atoms with Crippen LogP contribution in [-0.2, 0) is 0 Å². The molecule has 0 aromatic carbocycles. The van der Waals surface area contributed by atoms with E-state index in [4.69, 9.17) is 0 Å². The van der Waals surface area contributed by atoms with Crippen LogP contribution in [0, 0.1) is 11.3 Å². The molecule has 0 spiro atoms. The molecule has 1 fully saturated rings. The summed E-state index contributed by atoms with van der Waals surface area (Å²) in [5.74, 6) is 0.982. The van der Waals surface area contributed by atoms with Crippen LogP contribution in [0.2, 0.25) is 5.31 Å². The Balaban J connectivity index is 2.54. The summed E-state index contributed by atoms with van der Waals surface area (Å²) in [4.78, 5) is 0. The van der Waals surface area contributed by atoms with E-state index >= 15 is 0 Å². The van der Waals surface area contributed by atoms with Gasteiger partial charge >= 0.3 is 0 Å². The van der Waals surface area contributed by atoms with Crippen LogP contribution >= 0.6 is 0 Å². The summed E-state index contributed by atoms with van der Waals surface area (Å²) in [5.41, 5.74) is 0.554. The number of rotatable bonds is 3. The second-order valence-corrected chi connectivity index (χ2v) is 7.06. The van der Waals surface area contributed by atoms with E-state index in [1.165, 1.54) is 38.5 Å². The Kier molecular flexibility index (Phi) is 3.72. The molecule has 0 atom stereocenters. The van der Waals surface area contributed by atoms with Gasteiger partial charge in [-0.25, -0.2) is 0 Å². The fraction of sp³-hybridized carbons (Fsp3) is 1.00. The van der Waals surface area contributed by atoms with Gasteiger partial charge in [0.15, 0.2) is 0 Å². The van der Waals surface area contributed by atoms with Gasteiger partial charge in [-0.2, -0.15) is 0 Å². The molecule has 14 heavy (non-hydrogen) atoms. The fourth-order valence-electron chi connectivity index (χ4n) is 3.40. The Morgan fingerprint density at radius 2 is 1.50 bits per heavy atom. The molecule has 0 radical (unpaired) electrons. The van der Waals surface area contributed by atoms with Crippen LogP contribution in [0.1, 0.15) is 66.2 Å². The van der Waals surface area contributed by atoms with E-state index in [-0.39, 0.29) is 0 Å². The zero-order chi connectivity index (χ0) is 10.8. The quantitative estimate of drug-likeness (QED) is 0.599. The summed E-state index contributed by atoms with van der Waals surface area (Å²) in [6.07, 6.45) is 8.73. The zero-order valence-electron chi connectivity index (χ0n) is 10.8. The molecule has 0 aliphatic heterocycles. The van der Waals surface area contributed by atoms with E-state index in [1.807, 2.05) is 0 Å². The van der Waals surface area contributed by atoms with Crippen LogP contribution in [0.4, 0.5) is 0 Å². The maximum Gasteiger partial charge on any atom is 0.108 e. The monoisotopic (exact) mass is 194 g/mol. The van der Waals surface area contributed by atoms with Crippen molar-refractivity contribution in [1.29, 1.82) is 0 Å². The zero-order valence-corrected chi connectivity index (χ0v) is 10.8. The molecule has 0 heterocycles. The Hall–Kier alpha value is 0.0649. The van der Waals surface area contributed by atoms with E-state index in [9.17, 15) is 0 Å². The standard InChI is InChI=1S/C13H27B/c1-12(2,10-13(3,4)14)11-8-6-5-7-9-11/h11H,5-10,14H2,1-4H3. The molecule has 0 N–H and O–H groups in total. The minimum absolute atomic E-state index is 0.487. The minimum atomic E-state index is 0.487. The van der Waals surface area contributed by atoms with Gasteiger partial charge in [0, 0.05) is 0 Å². The highest BCUT2D eigenvalue weighted by atomic mass is 14.4. The van der Waals surface area contributed by atoms with Gasteiger partial charge in [-0.05, 0) is 30.6 Å². The molecule has 82 valence electrons. The first-order valence-electron chi connectivity index (χ1n) is 6.31. The van der Waals surface area contributed by atoms with Crippen LogP contribution in [0.3, 0.4) is 0 Å². The van der Waals surface area contributed by atoms with Crippen molar-refractivity contribution in [3.05, 3.63) is 0 Å². The molecule has 1 rings (SSSR count). The lowest BCUT2D eigenvalue weighted by Gasteiger charge is -2.41. The van der Waals surface area contributed by atoms with Crippen LogP contribution in [0.25, 0.3) is 0 Å². The lowest BCUT2D eigenvalue weighted by atomic mass is 9.58. The molecule has 0 saturated heterocycles. The van der Waals surface area contributed by atoms with Crippen molar-refractivity contribution in [3.63, 3.8) is 0 Å². The molecule has 1 aliphatic carbocycles. The molecule has 0 bridgehead atoms. The highest BCUT2D eigenvalue weighted by Gasteiger charge is 2.33. The normalized spacial score (nSPS) is 21.1. The summed E-state index contributed by atoms with van der Waals surface area (Å²) in [7, 11) is 2.37. The predicted octanol–water partition coefficient (Wildman–Crippen LogP) is 3.81. The predicted molar refractivity (Wildman–Crippen MR) is 67.6 cm³/mol. The maximum absolute atomic E-state index is 2.48. The molecular weight excluding hydrogens is 167 g/mol. The topological polar surface area (TPSA) is 0 Å². The molecule has 1 aliphatic rings. The van der Waals surface area contributed by atoms with Crippen LogP contribution in [0.15, 0.2) is 0 Å². The number of hydrogen-bond acceptors (Lipinski definition) is 0. The van der Waals surface area contributed by atoms with Crippen LogP contribution < -0.4 is 0 Å². The second kappa shape index (κ2) is 4.29. The van der Waals surface area contributed by atoms with Crippen molar-refractivity contribution in [2.45, 2.75) is 71.5 Å². The summed E-state index contributed by atoms with van der Waals surface area (Å²) >= 11 is 0. The molecule has 0 nitrogen and oxygen atoms in total. The minimum Gasteiger partial charge on any atom is -0.0672 e. The average Bonchev–Trinajstić information content (AvgIpc) is 2.01. The summed E-state index contributed by atoms with van der Waals surface area (Å²) in [6.45, 7) is 9.71. The van der Waals surface area contributed by atoms with Crippen molar-refractivity contribution >= 4 is 7.85 Å².